The fourth-order valence-electron chi connectivity index (χ4n) is 4.34. The Morgan fingerprint density at radius 2 is 1.59 bits per heavy atom. The molecular formula is C31H37BrN2O2S. The number of aryl methyl sites for hydroxylation is 2. The third-order valence-corrected chi connectivity index (χ3v) is 7.66. The quantitative estimate of drug-likeness (QED) is 0.225. The Labute approximate surface area is 234 Å². The molecule has 4 nitrogen and oxygen atoms in total. The molecule has 0 bridgehead atoms. The fraction of sp³-hybridized carbons (Fsp3) is 0.355. The summed E-state index contributed by atoms with van der Waals surface area (Å²) in [6.07, 6.45) is 2.39. The van der Waals surface area contributed by atoms with Crippen LogP contribution in [0.3, 0.4) is 0 Å². The standard InChI is InChI=1S/C31H37BrN2O2S/c1-4-5-15-33-31(36)29(19-25-9-7-6-8-10-25)34(20-26-11-13-28(32)14-12-26)30(35)22-37-21-27-17-23(2)16-24(3)18-27/h6-14,16-18,29H,4-5,15,19-22H2,1-3H3,(H,33,36)/t29-/m1/s1. The molecule has 0 saturated heterocycles. The summed E-state index contributed by atoms with van der Waals surface area (Å²) in [4.78, 5) is 29.0. The molecule has 0 heterocycles. The van der Waals surface area contributed by atoms with Crippen LogP contribution in [0.4, 0.5) is 0 Å². The van der Waals surface area contributed by atoms with E-state index in [0.717, 1.165) is 34.2 Å². The summed E-state index contributed by atoms with van der Waals surface area (Å²) in [5.74, 6) is 0.953. The Kier molecular flexibility index (Phi) is 11.7. The van der Waals surface area contributed by atoms with Gasteiger partial charge in [0.15, 0.2) is 0 Å². The first-order valence-corrected chi connectivity index (χ1v) is 14.8. The van der Waals surface area contributed by atoms with Crippen LogP contribution in [0.2, 0.25) is 0 Å². The first kappa shape index (κ1) is 29.0. The second-order valence-corrected chi connectivity index (χ2v) is 11.4. The van der Waals surface area contributed by atoms with Crippen LogP contribution >= 0.6 is 27.7 Å². The lowest BCUT2D eigenvalue weighted by molar-refractivity contribution is -0.139. The number of hydrogen-bond acceptors (Lipinski definition) is 3. The minimum atomic E-state index is -0.586. The smallest absolute Gasteiger partial charge is 0.243 e. The number of halogens is 1. The highest BCUT2D eigenvalue weighted by molar-refractivity contribution is 9.10. The van der Waals surface area contributed by atoms with Gasteiger partial charge in [0.25, 0.3) is 0 Å². The largest absolute Gasteiger partial charge is 0.354 e. The normalized spacial score (nSPS) is 11.7. The Bertz CT molecular complexity index is 1130. The second-order valence-electron chi connectivity index (χ2n) is 9.49. The van der Waals surface area contributed by atoms with E-state index in [2.05, 4.69) is 60.2 Å². The molecule has 37 heavy (non-hydrogen) atoms. The lowest BCUT2D eigenvalue weighted by atomic mass is 10.0. The molecule has 0 spiro atoms. The van der Waals surface area contributed by atoms with E-state index in [1.54, 1.807) is 16.7 Å². The molecule has 0 aliphatic carbocycles. The lowest BCUT2D eigenvalue weighted by Gasteiger charge is -2.31. The number of rotatable bonds is 13. The van der Waals surface area contributed by atoms with Crippen LogP contribution in [0, 0.1) is 13.8 Å². The molecule has 1 N–H and O–H groups in total. The maximum atomic E-state index is 13.7. The minimum Gasteiger partial charge on any atom is -0.354 e. The highest BCUT2D eigenvalue weighted by atomic mass is 79.9. The Hall–Kier alpha value is -2.57. The molecule has 0 aliphatic heterocycles. The minimum absolute atomic E-state index is 0.0242. The molecule has 3 rings (SSSR count). The highest BCUT2D eigenvalue weighted by Crippen LogP contribution is 2.20. The summed E-state index contributed by atoms with van der Waals surface area (Å²) >= 11 is 5.09. The number of carbonyl (C=O) groups is 2. The zero-order valence-corrected chi connectivity index (χ0v) is 24.4. The van der Waals surface area contributed by atoms with E-state index in [9.17, 15) is 9.59 Å². The summed E-state index contributed by atoms with van der Waals surface area (Å²) in [5, 5.41) is 3.08. The Morgan fingerprint density at radius 3 is 2.24 bits per heavy atom. The van der Waals surface area contributed by atoms with Gasteiger partial charge in [-0.3, -0.25) is 9.59 Å². The molecule has 0 saturated carbocycles. The van der Waals surface area contributed by atoms with Crippen molar-refractivity contribution in [2.45, 2.75) is 58.4 Å². The van der Waals surface area contributed by atoms with Crippen molar-refractivity contribution in [2.75, 3.05) is 12.3 Å². The molecule has 0 unspecified atom stereocenters. The van der Waals surface area contributed by atoms with Crippen LogP contribution in [0.25, 0.3) is 0 Å². The van der Waals surface area contributed by atoms with E-state index in [1.165, 1.54) is 16.7 Å². The summed E-state index contributed by atoms with van der Waals surface area (Å²) in [7, 11) is 0. The van der Waals surface area contributed by atoms with E-state index >= 15 is 0 Å². The fourth-order valence-corrected chi connectivity index (χ4v) is 5.45. The average molecular weight is 582 g/mol. The van der Waals surface area contributed by atoms with E-state index < -0.39 is 6.04 Å². The number of nitrogens with zero attached hydrogens (tertiary/aromatic N) is 1. The number of hydrogen-bond donors (Lipinski definition) is 1. The van der Waals surface area contributed by atoms with Crippen LogP contribution in [0.1, 0.15) is 47.6 Å². The summed E-state index contributed by atoms with van der Waals surface area (Å²) in [6, 6.07) is 23.8. The van der Waals surface area contributed by atoms with Crippen molar-refractivity contribution in [1.82, 2.24) is 10.2 Å². The lowest BCUT2D eigenvalue weighted by Crippen LogP contribution is -2.51. The first-order chi connectivity index (χ1) is 17.9. The number of carbonyl (C=O) groups excluding carboxylic acids is 2. The van der Waals surface area contributed by atoms with Crippen molar-refractivity contribution >= 4 is 39.5 Å². The molecule has 1 atom stereocenters. The number of thioether (sulfide) groups is 1. The van der Waals surface area contributed by atoms with Crippen molar-refractivity contribution in [1.29, 1.82) is 0 Å². The average Bonchev–Trinajstić information content (AvgIpc) is 2.87. The molecule has 0 fully saturated rings. The first-order valence-electron chi connectivity index (χ1n) is 12.9. The predicted molar refractivity (Wildman–Crippen MR) is 159 cm³/mol. The van der Waals surface area contributed by atoms with Gasteiger partial charge < -0.3 is 10.2 Å². The van der Waals surface area contributed by atoms with Crippen molar-refractivity contribution in [2.24, 2.45) is 0 Å². The van der Waals surface area contributed by atoms with Crippen LogP contribution in [-0.2, 0) is 28.3 Å². The zero-order chi connectivity index (χ0) is 26.6. The van der Waals surface area contributed by atoms with Gasteiger partial charge in [-0.1, -0.05) is 101 Å². The maximum Gasteiger partial charge on any atom is 0.243 e. The SMILES string of the molecule is CCCCNC(=O)[C@@H](Cc1ccccc1)N(Cc1ccc(Br)cc1)C(=O)CSCc1cc(C)cc(C)c1. The van der Waals surface area contributed by atoms with E-state index in [4.69, 9.17) is 0 Å². The predicted octanol–water partition coefficient (Wildman–Crippen LogP) is 6.86. The third kappa shape index (κ3) is 9.67. The molecule has 0 aromatic heterocycles. The summed E-state index contributed by atoms with van der Waals surface area (Å²) in [5.41, 5.74) is 5.70. The van der Waals surface area contributed by atoms with Crippen molar-refractivity contribution < 1.29 is 9.59 Å². The Balaban J connectivity index is 1.82. The van der Waals surface area contributed by atoms with Gasteiger partial charge in [0, 0.05) is 29.7 Å². The molecule has 0 aliphatic rings. The van der Waals surface area contributed by atoms with E-state index in [-0.39, 0.29) is 11.8 Å². The van der Waals surface area contributed by atoms with Gasteiger partial charge >= 0.3 is 0 Å². The molecular weight excluding hydrogens is 544 g/mol. The molecule has 3 aromatic carbocycles. The second kappa shape index (κ2) is 15.0. The van der Waals surface area contributed by atoms with Crippen LogP contribution < -0.4 is 5.32 Å². The number of unbranched alkanes of at least 4 members (excludes halogenated alkanes) is 1. The highest BCUT2D eigenvalue weighted by Gasteiger charge is 2.30. The monoisotopic (exact) mass is 580 g/mol. The van der Waals surface area contributed by atoms with Crippen LogP contribution in [0.15, 0.2) is 77.3 Å². The van der Waals surface area contributed by atoms with Crippen molar-refractivity contribution in [3.05, 3.63) is 105 Å². The number of amides is 2. The molecule has 0 radical (unpaired) electrons. The van der Waals surface area contributed by atoms with Gasteiger partial charge in [0.2, 0.25) is 11.8 Å². The van der Waals surface area contributed by atoms with Gasteiger partial charge in [-0.25, -0.2) is 0 Å². The third-order valence-electron chi connectivity index (χ3n) is 6.14. The van der Waals surface area contributed by atoms with Crippen molar-refractivity contribution in [3.8, 4) is 0 Å². The van der Waals surface area contributed by atoms with Crippen LogP contribution in [0.5, 0.6) is 0 Å². The summed E-state index contributed by atoms with van der Waals surface area (Å²) in [6.45, 7) is 7.29. The summed E-state index contributed by atoms with van der Waals surface area (Å²) < 4.78 is 0.983. The van der Waals surface area contributed by atoms with E-state index in [0.29, 0.717) is 25.3 Å². The number of nitrogens with one attached hydrogen (secondary N) is 1. The number of benzene rings is 3. The molecule has 2 amide bonds. The van der Waals surface area contributed by atoms with Gasteiger partial charge in [0.1, 0.15) is 6.04 Å². The Morgan fingerprint density at radius 1 is 0.919 bits per heavy atom. The van der Waals surface area contributed by atoms with Gasteiger partial charge in [-0.05, 0) is 49.1 Å². The van der Waals surface area contributed by atoms with Crippen molar-refractivity contribution in [3.63, 3.8) is 0 Å². The molecule has 196 valence electrons. The van der Waals surface area contributed by atoms with Crippen LogP contribution in [-0.4, -0.2) is 35.1 Å². The topological polar surface area (TPSA) is 49.4 Å². The molecule has 6 heteroatoms. The van der Waals surface area contributed by atoms with Gasteiger partial charge in [0.05, 0.1) is 5.75 Å². The molecule has 3 aromatic rings. The van der Waals surface area contributed by atoms with Gasteiger partial charge in [-0.15, -0.1) is 11.8 Å². The van der Waals surface area contributed by atoms with Gasteiger partial charge in [-0.2, -0.15) is 0 Å². The van der Waals surface area contributed by atoms with E-state index in [1.807, 2.05) is 54.6 Å². The zero-order valence-electron chi connectivity index (χ0n) is 22.0. The maximum absolute atomic E-state index is 13.7.